The van der Waals surface area contributed by atoms with Gasteiger partial charge >= 0.3 is 0 Å². The van der Waals surface area contributed by atoms with Crippen molar-refractivity contribution in [2.45, 2.75) is 24.3 Å². The summed E-state index contributed by atoms with van der Waals surface area (Å²) in [6, 6.07) is 4.11. The Balaban J connectivity index is 3.14. The minimum absolute atomic E-state index is 0.0283. The summed E-state index contributed by atoms with van der Waals surface area (Å²) in [6.45, 7) is 1.80. The van der Waals surface area contributed by atoms with Crippen molar-refractivity contribution in [2.24, 2.45) is 0 Å². The van der Waals surface area contributed by atoms with E-state index in [9.17, 15) is 8.42 Å². The van der Waals surface area contributed by atoms with Crippen LogP contribution in [0.2, 0.25) is 0 Å². The van der Waals surface area contributed by atoms with Crippen LogP contribution in [0.25, 0.3) is 0 Å². The van der Waals surface area contributed by atoms with Crippen molar-refractivity contribution >= 4 is 31.6 Å². The number of halogens is 1. The molecule has 0 spiro atoms. The molecule has 0 aliphatic carbocycles. The normalized spacial score (nSPS) is 13.0. The van der Waals surface area contributed by atoms with E-state index in [1.54, 1.807) is 13.0 Å². The lowest BCUT2D eigenvalue weighted by molar-refractivity contribution is 0.571. The minimum Gasteiger partial charge on any atom is -0.398 e. The molecule has 0 radical (unpaired) electrons. The van der Waals surface area contributed by atoms with Crippen LogP contribution in [0.3, 0.4) is 0 Å². The standard InChI is InChI=1S/C11H13BrN2O2S/c1-3-9(4-2)14-17(15,16)11-7-8(12)5-6-10(11)13/h1,5-7,9,14H,4,13H2,2H3. The zero-order chi connectivity index (χ0) is 13.1. The number of sulfonamides is 1. The van der Waals surface area contributed by atoms with Gasteiger partial charge in [-0.05, 0) is 24.6 Å². The van der Waals surface area contributed by atoms with Crippen molar-refractivity contribution in [3.05, 3.63) is 22.7 Å². The summed E-state index contributed by atoms with van der Waals surface area (Å²) in [5.41, 5.74) is 5.83. The number of terminal acetylenes is 1. The van der Waals surface area contributed by atoms with Crippen molar-refractivity contribution in [2.75, 3.05) is 5.73 Å². The van der Waals surface area contributed by atoms with E-state index in [0.717, 1.165) is 0 Å². The van der Waals surface area contributed by atoms with Crippen LogP contribution in [0, 0.1) is 12.3 Å². The molecule has 17 heavy (non-hydrogen) atoms. The Hall–Kier alpha value is -1.03. The van der Waals surface area contributed by atoms with Gasteiger partial charge in [-0.2, -0.15) is 4.72 Å². The van der Waals surface area contributed by atoms with Gasteiger partial charge in [0.2, 0.25) is 10.0 Å². The molecule has 3 N–H and O–H groups in total. The smallest absolute Gasteiger partial charge is 0.243 e. The Labute approximate surface area is 110 Å². The largest absolute Gasteiger partial charge is 0.398 e. The minimum atomic E-state index is -3.68. The van der Waals surface area contributed by atoms with Crippen molar-refractivity contribution in [1.82, 2.24) is 4.72 Å². The number of nitrogen functional groups attached to an aromatic ring is 1. The molecule has 1 unspecified atom stereocenters. The molecule has 0 aromatic heterocycles. The molecule has 4 nitrogen and oxygen atoms in total. The Kier molecular flexibility index (Phi) is 4.57. The Morgan fingerprint density at radius 3 is 2.76 bits per heavy atom. The van der Waals surface area contributed by atoms with Gasteiger partial charge in [0.15, 0.2) is 0 Å². The highest BCUT2D eigenvalue weighted by Crippen LogP contribution is 2.23. The van der Waals surface area contributed by atoms with Gasteiger partial charge in [-0.3, -0.25) is 0 Å². The second-order valence-electron chi connectivity index (χ2n) is 3.43. The van der Waals surface area contributed by atoms with Crippen LogP contribution >= 0.6 is 15.9 Å². The lowest BCUT2D eigenvalue weighted by atomic mass is 10.3. The average Bonchev–Trinajstić information content (AvgIpc) is 2.29. The molecule has 0 heterocycles. The second-order valence-corrected chi connectivity index (χ2v) is 6.03. The fraction of sp³-hybridized carbons (Fsp3) is 0.273. The number of nitrogens with two attached hydrogens (primary N) is 1. The molecule has 0 saturated heterocycles. The summed E-state index contributed by atoms with van der Waals surface area (Å²) in [4.78, 5) is 0.0283. The fourth-order valence-electron chi connectivity index (χ4n) is 1.23. The highest BCUT2D eigenvalue weighted by molar-refractivity contribution is 9.10. The van der Waals surface area contributed by atoms with Crippen molar-refractivity contribution in [3.8, 4) is 12.3 Å². The predicted octanol–water partition coefficient (Wildman–Crippen LogP) is 1.72. The number of anilines is 1. The molecule has 0 fully saturated rings. The molecule has 0 aliphatic heterocycles. The third kappa shape index (κ3) is 3.46. The summed E-state index contributed by atoms with van der Waals surface area (Å²) in [5.74, 6) is 2.37. The third-order valence-electron chi connectivity index (χ3n) is 2.17. The van der Waals surface area contributed by atoms with Gasteiger partial charge in [0.25, 0.3) is 0 Å². The van der Waals surface area contributed by atoms with E-state index < -0.39 is 16.1 Å². The molecule has 6 heteroatoms. The van der Waals surface area contributed by atoms with E-state index in [4.69, 9.17) is 12.2 Å². The van der Waals surface area contributed by atoms with Crippen molar-refractivity contribution < 1.29 is 8.42 Å². The average molecular weight is 317 g/mol. The number of nitrogens with one attached hydrogen (secondary N) is 1. The Morgan fingerprint density at radius 1 is 1.59 bits per heavy atom. The second kappa shape index (κ2) is 5.54. The van der Waals surface area contributed by atoms with Gasteiger partial charge in [-0.25, -0.2) is 8.42 Å². The quantitative estimate of drug-likeness (QED) is 0.656. The zero-order valence-electron chi connectivity index (χ0n) is 9.27. The van der Waals surface area contributed by atoms with Crippen LogP contribution < -0.4 is 10.5 Å². The maximum absolute atomic E-state index is 12.0. The molecule has 1 aromatic carbocycles. The van der Waals surface area contributed by atoms with Gasteiger partial charge in [0, 0.05) is 4.47 Å². The molecule has 0 bridgehead atoms. The summed E-state index contributed by atoms with van der Waals surface area (Å²) in [5, 5.41) is 0. The first kappa shape index (κ1) is 14.0. The van der Waals surface area contributed by atoms with E-state index >= 15 is 0 Å². The zero-order valence-corrected chi connectivity index (χ0v) is 11.7. The van der Waals surface area contributed by atoms with Crippen molar-refractivity contribution in [1.29, 1.82) is 0 Å². The van der Waals surface area contributed by atoms with Gasteiger partial charge in [-0.15, -0.1) is 6.42 Å². The van der Waals surface area contributed by atoms with Crippen LogP contribution in [-0.4, -0.2) is 14.5 Å². The number of benzene rings is 1. The Morgan fingerprint density at radius 2 is 2.24 bits per heavy atom. The molecule has 0 saturated carbocycles. The lowest BCUT2D eigenvalue weighted by Crippen LogP contribution is -2.33. The SMILES string of the molecule is C#CC(CC)NS(=O)(=O)c1cc(Br)ccc1N. The number of rotatable bonds is 4. The first-order valence-electron chi connectivity index (χ1n) is 4.94. The Bertz CT molecular complexity index is 549. The molecule has 0 amide bonds. The summed E-state index contributed by atoms with van der Waals surface area (Å²) < 4.78 is 27.1. The highest BCUT2D eigenvalue weighted by atomic mass is 79.9. The fourth-order valence-corrected chi connectivity index (χ4v) is 3.14. The molecular formula is C11H13BrN2O2S. The third-order valence-corrected chi connectivity index (χ3v) is 4.19. The highest BCUT2D eigenvalue weighted by Gasteiger charge is 2.20. The number of hydrogen-bond acceptors (Lipinski definition) is 3. The van der Waals surface area contributed by atoms with Gasteiger partial charge in [0.05, 0.1) is 11.7 Å². The van der Waals surface area contributed by atoms with Crippen LogP contribution in [0.5, 0.6) is 0 Å². The predicted molar refractivity (Wildman–Crippen MR) is 71.8 cm³/mol. The topological polar surface area (TPSA) is 72.2 Å². The molecular weight excluding hydrogens is 304 g/mol. The lowest BCUT2D eigenvalue weighted by Gasteiger charge is -2.13. The van der Waals surface area contributed by atoms with Crippen LogP contribution in [0.1, 0.15) is 13.3 Å². The van der Waals surface area contributed by atoms with Crippen LogP contribution in [0.15, 0.2) is 27.6 Å². The van der Waals surface area contributed by atoms with Crippen LogP contribution in [-0.2, 0) is 10.0 Å². The van der Waals surface area contributed by atoms with Gasteiger partial charge in [0.1, 0.15) is 4.90 Å². The molecule has 1 atom stereocenters. The molecule has 92 valence electrons. The van der Waals surface area contributed by atoms with Gasteiger partial charge < -0.3 is 5.73 Å². The molecule has 0 aliphatic rings. The van der Waals surface area contributed by atoms with E-state index in [1.165, 1.54) is 12.1 Å². The molecule has 1 aromatic rings. The molecule has 1 rings (SSSR count). The van der Waals surface area contributed by atoms with E-state index in [0.29, 0.717) is 10.9 Å². The summed E-state index contributed by atoms with van der Waals surface area (Å²) >= 11 is 3.20. The summed E-state index contributed by atoms with van der Waals surface area (Å²) in [7, 11) is -3.68. The maximum Gasteiger partial charge on any atom is 0.243 e. The van der Waals surface area contributed by atoms with Crippen LogP contribution in [0.4, 0.5) is 5.69 Å². The van der Waals surface area contributed by atoms with Gasteiger partial charge in [-0.1, -0.05) is 28.8 Å². The van der Waals surface area contributed by atoms with E-state index in [2.05, 4.69) is 26.6 Å². The maximum atomic E-state index is 12.0. The van der Waals surface area contributed by atoms with E-state index in [-0.39, 0.29) is 10.6 Å². The van der Waals surface area contributed by atoms with E-state index in [1.807, 2.05) is 0 Å². The number of hydrogen-bond donors (Lipinski definition) is 2. The first-order valence-corrected chi connectivity index (χ1v) is 7.21. The summed E-state index contributed by atoms with van der Waals surface area (Å²) in [6.07, 6.45) is 5.74. The first-order chi connectivity index (χ1) is 7.90. The monoisotopic (exact) mass is 316 g/mol. The van der Waals surface area contributed by atoms with Crippen molar-refractivity contribution in [3.63, 3.8) is 0 Å².